The van der Waals surface area contributed by atoms with Crippen LogP contribution in [0.3, 0.4) is 0 Å². The Balaban J connectivity index is 1.87. The van der Waals surface area contributed by atoms with E-state index >= 15 is 0 Å². The van der Waals surface area contributed by atoms with Crippen LogP contribution in [-0.2, 0) is 10.0 Å². The molecule has 1 amide bonds. The van der Waals surface area contributed by atoms with Crippen LogP contribution in [0, 0.1) is 23.3 Å². The van der Waals surface area contributed by atoms with Crippen molar-refractivity contribution in [1.82, 2.24) is 4.31 Å². The zero-order valence-corrected chi connectivity index (χ0v) is 16.7. The van der Waals surface area contributed by atoms with E-state index in [4.69, 9.17) is 5.73 Å². The lowest BCUT2D eigenvalue weighted by atomic mass is 9.92. The van der Waals surface area contributed by atoms with Gasteiger partial charge in [-0.3, -0.25) is 4.79 Å². The molecule has 0 saturated carbocycles. The number of anilines is 1. The summed E-state index contributed by atoms with van der Waals surface area (Å²) in [6.07, 6.45) is 0.769. The smallest absolute Gasteiger partial charge is 0.255 e. The van der Waals surface area contributed by atoms with E-state index in [-0.39, 0.29) is 24.3 Å². The summed E-state index contributed by atoms with van der Waals surface area (Å²) in [5, 5.41) is 2.12. The van der Waals surface area contributed by atoms with E-state index in [1.54, 1.807) is 6.92 Å². The molecule has 1 aliphatic heterocycles. The highest BCUT2D eigenvalue weighted by Gasteiger charge is 2.34. The number of nitrogens with two attached hydrogens (primary N) is 1. The van der Waals surface area contributed by atoms with Crippen molar-refractivity contribution in [2.45, 2.75) is 30.2 Å². The molecule has 1 heterocycles. The predicted molar refractivity (Wildman–Crippen MR) is 101 cm³/mol. The number of carbonyl (C=O) groups is 1. The molecule has 6 nitrogen and oxygen atoms in total. The van der Waals surface area contributed by atoms with Crippen molar-refractivity contribution >= 4 is 21.6 Å². The van der Waals surface area contributed by atoms with Gasteiger partial charge in [-0.15, -0.1) is 0 Å². The number of nitrogens with one attached hydrogen (secondary N) is 1. The van der Waals surface area contributed by atoms with Crippen LogP contribution in [0.1, 0.15) is 30.1 Å². The van der Waals surface area contributed by atoms with E-state index in [9.17, 15) is 30.8 Å². The van der Waals surface area contributed by atoms with Gasteiger partial charge in [0.25, 0.3) is 5.91 Å². The topological polar surface area (TPSA) is 92.5 Å². The summed E-state index contributed by atoms with van der Waals surface area (Å²) in [6, 6.07) is 3.80. The van der Waals surface area contributed by atoms with Crippen LogP contribution in [0.5, 0.6) is 0 Å². The minimum Gasteiger partial charge on any atom is -0.325 e. The number of amides is 1. The highest BCUT2D eigenvalue weighted by atomic mass is 32.2. The molecule has 1 saturated heterocycles. The zero-order chi connectivity index (χ0) is 22.3. The fraction of sp³-hybridized carbons (Fsp3) is 0.316. The van der Waals surface area contributed by atoms with E-state index < -0.39 is 49.6 Å². The standard InChI is InChI=1S/C19H19F4N3O3S/c1-19(24)4-6-26(7-5-19)30(28,29)16-8-11(2-3-13(16)20)18(27)25-12-9-14(21)17(23)15(22)10-12/h2-3,8-10H,4-7,24H2,1H3,(H,25,27). The molecule has 0 bridgehead atoms. The fourth-order valence-corrected chi connectivity index (χ4v) is 4.58. The predicted octanol–water partition coefficient (Wildman–Crippen LogP) is 3.00. The number of carbonyl (C=O) groups excluding carboxylic acids is 1. The first-order valence-corrected chi connectivity index (χ1v) is 10.4. The van der Waals surface area contributed by atoms with E-state index in [2.05, 4.69) is 5.32 Å². The van der Waals surface area contributed by atoms with Gasteiger partial charge in [-0.25, -0.2) is 26.0 Å². The highest BCUT2D eigenvalue weighted by Crippen LogP contribution is 2.27. The van der Waals surface area contributed by atoms with Gasteiger partial charge in [0.2, 0.25) is 10.0 Å². The molecule has 0 radical (unpaired) electrons. The highest BCUT2D eigenvalue weighted by molar-refractivity contribution is 7.89. The Morgan fingerprint density at radius 1 is 1.03 bits per heavy atom. The second-order valence-electron chi connectivity index (χ2n) is 7.41. The molecular formula is C19H19F4N3O3S. The third kappa shape index (κ3) is 4.47. The van der Waals surface area contributed by atoms with Crippen LogP contribution in [-0.4, -0.2) is 37.3 Å². The van der Waals surface area contributed by atoms with Gasteiger partial charge in [0.1, 0.15) is 10.7 Å². The number of rotatable bonds is 4. The number of hydrogen-bond acceptors (Lipinski definition) is 4. The van der Waals surface area contributed by atoms with Crippen molar-refractivity contribution in [3.8, 4) is 0 Å². The van der Waals surface area contributed by atoms with Crippen LogP contribution in [0.4, 0.5) is 23.2 Å². The van der Waals surface area contributed by atoms with Crippen molar-refractivity contribution in [2.24, 2.45) is 5.73 Å². The second kappa shape index (κ2) is 7.97. The third-order valence-electron chi connectivity index (χ3n) is 4.92. The molecule has 2 aromatic carbocycles. The number of sulfonamides is 1. The lowest BCUT2D eigenvalue weighted by molar-refractivity contribution is 0.102. The van der Waals surface area contributed by atoms with Gasteiger partial charge in [0.15, 0.2) is 17.5 Å². The minimum atomic E-state index is -4.24. The molecule has 0 unspecified atom stereocenters. The van der Waals surface area contributed by atoms with Gasteiger partial charge < -0.3 is 11.1 Å². The molecule has 3 N–H and O–H groups in total. The Morgan fingerprint density at radius 2 is 1.60 bits per heavy atom. The normalized spacial score (nSPS) is 17.0. The van der Waals surface area contributed by atoms with Crippen molar-refractivity contribution < 1.29 is 30.8 Å². The minimum absolute atomic E-state index is 0.0966. The molecule has 2 aromatic rings. The van der Waals surface area contributed by atoms with Gasteiger partial charge in [-0.1, -0.05) is 0 Å². The van der Waals surface area contributed by atoms with E-state index in [0.29, 0.717) is 25.0 Å². The Hall–Kier alpha value is -2.50. The van der Waals surface area contributed by atoms with Crippen molar-refractivity contribution in [2.75, 3.05) is 18.4 Å². The quantitative estimate of drug-likeness (QED) is 0.559. The Morgan fingerprint density at radius 3 is 2.17 bits per heavy atom. The lowest BCUT2D eigenvalue weighted by Gasteiger charge is -2.35. The van der Waals surface area contributed by atoms with Crippen molar-refractivity contribution in [3.63, 3.8) is 0 Å². The molecule has 0 atom stereocenters. The summed E-state index contributed by atoms with van der Waals surface area (Å²) in [7, 11) is -4.24. The Labute approximate surface area is 170 Å². The number of halogens is 4. The number of piperidine rings is 1. The van der Waals surface area contributed by atoms with Crippen LogP contribution in [0.15, 0.2) is 35.2 Å². The van der Waals surface area contributed by atoms with Crippen molar-refractivity contribution in [3.05, 3.63) is 59.2 Å². The SMILES string of the molecule is CC1(N)CCN(S(=O)(=O)c2cc(C(=O)Nc3cc(F)c(F)c(F)c3)ccc2F)CC1. The molecule has 3 rings (SSSR count). The molecular weight excluding hydrogens is 426 g/mol. The first kappa shape index (κ1) is 22.2. The second-order valence-corrected chi connectivity index (χ2v) is 9.32. The number of hydrogen-bond donors (Lipinski definition) is 2. The largest absolute Gasteiger partial charge is 0.325 e. The number of benzene rings is 2. The Bertz CT molecular complexity index is 1070. The van der Waals surface area contributed by atoms with Gasteiger partial charge in [0.05, 0.1) is 0 Å². The first-order chi connectivity index (χ1) is 13.9. The van der Waals surface area contributed by atoms with E-state index in [1.165, 1.54) is 0 Å². The molecule has 0 aromatic heterocycles. The van der Waals surface area contributed by atoms with Crippen LogP contribution in [0.25, 0.3) is 0 Å². The molecule has 0 aliphatic carbocycles. The summed E-state index contributed by atoms with van der Waals surface area (Å²) < 4.78 is 80.8. The van der Waals surface area contributed by atoms with Crippen LogP contribution >= 0.6 is 0 Å². The average Bonchev–Trinajstić information content (AvgIpc) is 2.65. The maximum absolute atomic E-state index is 14.3. The molecule has 1 aliphatic rings. The van der Waals surface area contributed by atoms with Crippen LogP contribution in [0.2, 0.25) is 0 Å². The zero-order valence-electron chi connectivity index (χ0n) is 15.9. The molecule has 0 spiro atoms. The fourth-order valence-electron chi connectivity index (χ4n) is 3.05. The van der Waals surface area contributed by atoms with Gasteiger partial charge >= 0.3 is 0 Å². The molecule has 162 valence electrons. The number of nitrogens with zero attached hydrogens (tertiary/aromatic N) is 1. The van der Waals surface area contributed by atoms with Crippen LogP contribution < -0.4 is 11.1 Å². The van der Waals surface area contributed by atoms with E-state index in [0.717, 1.165) is 22.5 Å². The summed E-state index contributed by atoms with van der Waals surface area (Å²) in [5.74, 6) is -6.72. The maximum Gasteiger partial charge on any atom is 0.255 e. The van der Waals surface area contributed by atoms with E-state index in [1.807, 2.05) is 0 Å². The third-order valence-corrected chi connectivity index (χ3v) is 6.83. The first-order valence-electron chi connectivity index (χ1n) is 8.95. The average molecular weight is 445 g/mol. The summed E-state index contributed by atoms with van der Waals surface area (Å²) in [6.45, 7) is 1.99. The summed E-state index contributed by atoms with van der Waals surface area (Å²) in [4.78, 5) is 11.7. The Kier molecular flexibility index (Phi) is 5.89. The van der Waals surface area contributed by atoms with Crippen molar-refractivity contribution in [1.29, 1.82) is 0 Å². The molecule has 11 heteroatoms. The molecule has 30 heavy (non-hydrogen) atoms. The van der Waals surface area contributed by atoms with Gasteiger partial charge in [-0.05, 0) is 38.0 Å². The molecule has 1 fully saturated rings. The summed E-state index contributed by atoms with van der Waals surface area (Å²) in [5.41, 5.74) is 4.82. The van der Waals surface area contributed by atoms with Gasteiger partial charge in [-0.2, -0.15) is 4.31 Å². The monoisotopic (exact) mass is 445 g/mol. The summed E-state index contributed by atoms with van der Waals surface area (Å²) >= 11 is 0. The lowest BCUT2D eigenvalue weighted by Crippen LogP contribution is -2.49. The maximum atomic E-state index is 14.3. The van der Waals surface area contributed by atoms with Gasteiger partial charge in [0, 0.05) is 42.0 Å².